The molecule has 0 aliphatic rings. The summed E-state index contributed by atoms with van der Waals surface area (Å²) in [5.74, 6) is 1.46. The number of aliphatic imine (C=N–C) groups is 1. The lowest BCUT2D eigenvalue weighted by Gasteiger charge is -2.20. The predicted octanol–water partition coefficient (Wildman–Crippen LogP) is 2.55. The van der Waals surface area contributed by atoms with Gasteiger partial charge in [-0.25, -0.2) is 9.98 Å². The second kappa shape index (κ2) is 7.36. The van der Waals surface area contributed by atoms with Gasteiger partial charge in [0.1, 0.15) is 0 Å². The van der Waals surface area contributed by atoms with Gasteiger partial charge in [0, 0.05) is 23.7 Å². The number of aryl methyl sites for hydroxylation is 1. The number of thiazole rings is 1. The summed E-state index contributed by atoms with van der Waals surface area (Å²) >= 11 is 1.70. The van der Waals surface area contributed by atoms with E-state index < -0.39 is 0 Å². The van der Waals surface area contributed by atoms with Crippen LogP contribution in [0.15, 0.2) is 11.2 Å². The molecule has 1 heterocycles. The summed E-state index contributed by atoms with van der Waals surface area (Å²) in [5, 5.41) is 7.78. The fraction of sp³-hybridized carbons (Fsp3) is 0.692. The first-order chi connectivity index (χ1) is 8.52. The fourth-order valence-corrected chi connectivity index (χ4v) is 2.06. The molecule has 0 aliphatic carbocycles. The van der Waals surface area contributed by atoms with Crippen molar-refractivity contribution in [2.45, 2.75) is 47.2 Å². The number of hydrogen-bond donors (Lipinski definition) is 2. The van der Waals surface area contributed by atoms with Crippen LogP contribution < -0.4 is 10.6 Å². The van der Waals surface area contributed by atoms with Crippen molar-refractivity contribution in [3.63, 3.8) is 0 Å². The van der Waals surface area contributed by atoms with Gasteiger partial charge < -0.3 is 10.6 Å². The normalized spacial score (nSPS) is 13.8. The van der Waals surface area contributed by atoms with Crippen molar-refractivity contribution < 1.29 is 0 Å². The molecular weight excluding hydrogens is 244 g/mol. The van der Waals surface area contributed by atoms with E-state index in [0.717, 1.165) is 17.5 Å². The molecule has 1 aromatic heterocycles. The zero-order chi connectivity index (χ0) is 13.5. The Hall–Kier alpha value is -1.10. The van der Waals surface area contributed by atoms with Crippen LogP contribution in [0.4, 0.5) is 0 Å². The third-order valence-corrected chi connectivity index (χ3v) is 3.67. The molecule has 1 rings (SSSR count). The van der Waals surface area contributed by atoms with E-state index in [1.807, 2.05) is 13.1 Å². The van der Waals surface area contributed by atoms with E-state index in [2.05, 4.69) is 48.3 Å². The first kappa shape index (κ1) is 15.0. The average Bonchev–Trinajstić information content (AvgIpc) is 2.72. The lowest BCUT2D eigenvalue weighted by Crippen LogP contribution is -2.44. The molecule has 1 aromatic rings. The third kappa shape index (κ3) is 5.04. The Kier molecular flexibility index (Phi) is 6.12. The van der Waals surface area contributed by atoms with Crippen molar-refractivity contribution >= 4 is 17.3 Å². The van der Waals surface area contributed by atoms with Gasteiger partial charge in [0.05, 0.1) is 11.6 Å². The van der Waals surface area contributed by atoms with Gasteiger partial charge in [0.2, 0.25) is 0 Å². The van der Waals surface area contributed by atoms with Crippen LogP contribution in [0.2, 0.25) is 0 Å². The van der Waals surface area contributed by atoms with Gasteiger partial charge in [-0.15, -0.1) is 11.3 Å². The molecule has 0 saturated carbocycles. The van der Waals surface area contributed by atoms with E-state index in [4.69, 9.17) is 0 Å². The molecule has 0 radical (unpaired) electrons. The topological polar surface area (TPSA) is 49.3 Å². The number of rotatable bonds is 5. The Balaban J connectivity index is 2.60. The van der Waals surface area contributed by atoms with E-state index >= 15 is 0 Å². The fourth-order valence-electron chi connectivity index (χ4n) is 1.34. The Morgan fingerprint density at radius 1 is 1.44 bits per heavy atom. The molecule has 0 aromatic carbocycles. The summed E-state index contributed by atoms with van der Waals surface area (Å²) in [4.78, 5) is 10.0. The first-order valence-electron chi connectivity index (χ1n) is 6.49. The highest BCUT2D eigenvalue weighted by Gasteiger charge is 2.08. The standard InChI is InChI=1S/C13H24N4S/c1-6-14-13(17-10(4)9(2)3)16-8-12-7-15-11(5)18-12/h7,9-10H,6,8H2,1-5H3,(H2,14,16,17)/t10-/m0/s1. The van der Waals surface area contributed by atoms with Crippen LogP contribution in [0.25, 0.3) is 0 Å². The highest BCUT2D eigenvalue weighted by molar-refractivity contribution is 7.11. The van der Waals surface area contributed by atoms with Gasteiger partial charge in [0.25, 0.3) is 0 Å². The zero-order valence-corrected chi connectivity index (χ0v) is 12.8. The maximum absolute atomic E-state index is 4.58. The molecule has 18 heavy (non-hydrogen) atoms. The molecule has 0 spiro atoms. The minimum atomic E-state index is 0.408. The summed E-state index contributed by atoms with van der Waals surface area (Å²) in [6, 6.07) is 0.408. The van der Waals surface area contributed by atoms with Crippen molar-refractivity contribution in [1.82, 2.24) is 15.6 Å². The second-order valence-corrected chi connectivity index (χ2v) is 6.04. The van der Waals surface area contributed by atoms with E-state index in [1.165, 1.54) is 4.88 Å². The second-order valence-electron chi connectivity index (χ2n) is 4.72. The Labute approximate surface area is 114 Å². The van der Waals surface area contributed by atoms with Gasteiger partial charge in [-0.2, -0.15) is 0 Å². The maximum Gasteiger partial charge on any atom is 0.191 e. The first-order valence-corrected chi connectivity index (χ1v) is 7.30. The van der Waals surface area contributed by atoms with E-state index in [1.54, 1.807) is 11.3 Å². The van der Waals surface area contributed by atoms with Crippen molar-refractivity contribution in [2.24, 2.45) is 10.9 Å². The summed E-state index contributed by atoms with van der Waals surface area (Å²) < 4.78 is 0. The van der Waals surface area contributed by atoms with Gasteiger partial charge in [-0.05, 0) is 26.7 Å². The summed E-state index contributed by atoms with van der Waals surface area (Å²) in [6.07, 6.45) is 1.90. The highest BCUT2D eigenvalue weighted by atomic mass is 32.1. The Morgan fingerprint density at radius 2 is 2.17 bits per heavy atom. The lowest BCUT2D eigenvalue weighted by molar-refractivity contribution is 0.481. The van der Waals surface area contributed by atoms with Crippen LogP contribution in [0, 0.1) is 12.8 Å². The molecule has 4 nitrogen and oxygen atoms in total. The van der Waals surface area contributed by atoms with Crippen LogP contribution in [0.3, 0.4) is 0 Å². The van der Waals surface area contributed by atoms with Gasteiger partial charge in [-0.1, -0.05) is 13.8 Å². The summed E-state index contributed by atoms with van der Waals surface area (Å²) in [6.45, 7) is 12.2. The molecule has 5 heteroatoms. The quantitative estimate of drug-likeness (QED) is 0.637. The molecule has 0 fully saturated rings. The lowest BCUT2D eigenvalue weighted by atomic mass is 10.1. The zero-order valence-electron chi connectivity index (χ0n) is 11.9. The molecule has 0 unspecified atom stereocenters. The van der Waals surface area contributed by atoms with Crippen LogP contribution in [-0.2, 0) is 6.54 Å². The molecular formula is C13H24N4S. The minimum absolute atomic E-state index is 0.408. The number of nitrogens with zero attached hydrogens (tertiary/aromatic N) is 2. The molecule has 102 valence electrons. The molecule has 2 N–H and O–H groups in total. The molecule has 0 bridgehead atoms. The molecule has 1 atom stereocenters. The van der Waals surface area contributed by atoms with Crippen molar-refractivity contribution in [2.75, 3.05) is 6.54 Å². The van der Waals surface area contributed by atoms with Crippen molar-refractivity contribution in [3.05, 3.63) is 16.1 Å². The average molecular weight is 268 g/mol. The predicted molar refractivity (Wildman–Crippen MR) is 79.1 cm³/mol. The van der Waals surface area contributed by atoms with Crippen LogP contribution in [-0.4, -0.2) is 23.5 Å². The van der Waals surface area contributed by atoms with Crippen molar-refractivity contribution in [3.8, 4) is 0 Å². The SMILES string of the molecule is CCNC(=NCc1cnc(C)s1)N[C@@H](C)C(C)C. The van der Waals surface area contributed by atoms with Gasteiger partial charge >= 0.3 is 0 Å². The highest BCUT2D eigenvalue weighted by Crippen LogP contribution is 2.12. The van der Waals surface area contributed by atoms with E-state index in [-0.39, 0.29) is 0 Å². The summed E-state index contributed by atoms with van der Waals surface area (Å²) in [5.41, 5.74) is 0. The number of aromatic nitrogens is 1. The summed E-state index contributed by atoms with van der Waals surface area (Å²) in [7, 11) is 0. The van der Waals surface area contributed by atoms with Crippen LogP contribution in [0.1, 0.15) is 37.6 Å². The Bertz CT molecular complexity index is 384. The number of hydrogen-bond acceptors (Lipinski definition) is 3. The Morgan fingerprint density at radius 3 is 2.67 bits per heavy atom. The monoisotopic (exact) mass is 268 g/mol. The smallest absolute Gasteiger partial charge is 0.191 e. The molecule has 0 aliphatic heterocycles. The largest absolute Gasteiger partial charge is 0.357 e. The number of nitrogens with one attached hydrogen (secondary N) is 2. The van der Waals surface area contributed by atoms with Gasteiger partial charge in [0.15, 0.2) is 5.96 Å². The van der Waals surface area contributed by atoms with Gasteiger partial charge in [-0.3, -0.25) is 0 Å². The maximum atomic E-state index is 4.58. The molecule has 0 amide bonds. The van der Waals surface area contributed by atoms with Crippen LogP contribution in [0.5, 0.6) is 0 Å². The van der Waals surface area contributed by atoms with E-state index in [0.29, 0.717) is 18.5 Å². The van der Waals surface area contributed by atoms with Crippen LogP contribution >= 0.6 is 11.3 Å². The third-order valence-electron chi connectivity index (χ3n) is 2.77. The minimum Gasteiger partial charge on any atom is -0.357 e. The van der Waals surface area contributed by atoms with E-state index in [9.17, 15) is 0 Å². The van der Waals surface area contributed by atoms with Crippen molar-refractivity contribution in [1.29, 1.82) is 0 Å². The number of guanidine groups is 1. The molecule has 0 saturated heterocycles.